The highest BCUT2D eigenvalue weighted by Crippen LogP contribution is 2.39. The second kappa shape index (κ2) is 4.79. The largest absolute Gasteiger partial charge is 0.359 e. The molecule has 0 bridgehead atoms. The molecule has 0 radical (unpaired) electrons. The Morgan fingerprint density at radius 2 is 1.72 bits per heavy atom. The zero-order valence-electron chi connectivity index (χ0n) is 11.4. The van der Waals surface area contributed by atoms with E-state index in [-0.39, 0.29) is 0 Å². The molecule has 0 fully saturated rings. The molecule has 1 nitrogen and oxygen atoms in total. The van der Waals surface area contributed by atoms with E-state index in [1.165, 1.54) is 56.3 Å². The Bertz CT molecular complexity index is 453. The molecule has 0 unspecified atom stereocenters. The van der Waals surface area contributed by atoms with E-state index in [1.54, 1.807) is 22.3 Å². The first-order valence-corrected chi connectivity index (χ1v) is 7.41. The Balaban J connectivity index is 1.99. The van der Waals surface area contributed by atoms with Crippen molar-refractivity contribution in [2.45, 2.75) is 58.3 Å². The van der Waals surface area contributed by atoms with Crippen molar-refractivity contribution in [2.75, 3.05) is 5.32 Å². The highest BCUT2D eigenvalue weighted by Gasteiger charge is 2.23. The molecule has 1 aromatic rings. The second-order valence-corrected chi connectivity index (χ2v) is 5.71. The summed E-state index contributed by atoms with van der Waals surface area (Å²) >= 11 is 0. The molecule has 2 aliphatic carbocycles. The molecule has 1 aromatic carbocycles. The summed E-state index contributed by atoms with van der Waals surface area (Å²) in [5.74, 6) is 0. The first-order chi connectivity index (χ1) is 8.79. The van der Waals surface area contributed by atoms with Crippen molar-refractivity contribution in [3.63, 3.8) is 0 Å². The van der Waals surface area contributed by atoms with Gasteiger partial charge in [-0.3, -0.25) is 0 Å². The first-order valence-electron chi connectivity index (χ1n) is 7.41. The number of hydrogen-bond acceptors (Lipinski definition) is 1. The summed E-state index contributed by atoms with van der Waals surface area (Å²) in [6.45, 7) is 6.39. The van der Waals surface area contributed by atoms with Gasteiger partial charge in [0.25, 0.3) is 0 Å². The molecule has 0 aliphatic heterocycles. The molecular formula is C17H23N. The molecule has 2 aliphatic rings. The van der Waals surface area contributed by atoms with Crippen LogP contribution in [-0.2, 0) is 25.7 Å². The molecule has 0 atom stereocenters. The lowest BCUT2D eigenvalue weighted by molar-refractivity contribution is 0.892. The van der Waals surface area contributed by atoms with Crippen LogP contribution < -0.4 is 5.32 Å². The molecule has 96 valence electrons. The predicted octanol–water partition coefficient (Wildman–Crippen LogP) is 4.39. The molecule has 0 aromatic heterocycles. The highest BCUT2D eigenvalue weighted by molar-refractivity contribution is 5.67. The maximum absolute atomic E-state index is 4.18. The summed E-state index contributed by atoms with van der Waals surface area (Å²) in [4.78, 5) is 0. The van der Waals surface area contributed by atoms with Crippen molar-refractivity contribution in [3.05, 3.63) is 40.6 Å². The molecule has 18 heavy (non-hydrogen) atoms. The zero-order valence-corrected chi connectivity index (χ0v) is 11.4. The number of fused-ring (bicyclic) bond motifs is 2. The molecule has 1 N–H and O–H groups in total. The number of rotatable bonds is 4. The minimum atomic E-state index is 1.08. The lowest BCUT2D eigenvalue weighted by Crippen LogP contribution is -2.05. The maximum Gasteiger partial charge on any atom is 0.0452 e. The van der Waals surface area contributed by atoms with Crippen molar-refractivity contribution >= 4 is 5.69 Å². The van der Waals surface area contributed by atoms with E-state index in [2.05, 4.69) is 24.9 Å². The summed E-state index contributed by atoms with van der Waals surface area (Å²) in [7, 11) is 0. The van der Waals surface area contributed by atoms with E-state index in [4.69, 9.17) is 0 Å². The predicted molar refractivity (Wildman–Crippen MR) is 78.2 cm³/mol. The molecule has 0 saturated carbocycles. The molecule has 0 saturated heterocycles. The Hall–Kier alpha value is -1.24. The topological polar surface area (TPSA) is 12.0 Å². The fourth-order valence-electron chi connectivity index (χ4n) is 3.51. The summed E-state index contributed by atoms with van der Waals surface area (Å²) < 4.78 is 0. The van der Waals surface area contributed by atoms with Crippen LogP contribution in [0.25, 0.3) is 0 Å². The van der Waals surface area contributed by atoms with E-state index in [1.807, 2.05) is 0 Å². The third-order valence-corrected chi connectivity index (χ3v) is 4.33. The number of benzene rings is 1. The zero-order chi connectivity index (χ0) is 12.5. The van der Waals surface area contributed by atoms with E-state index in [0.717, 1.165) is 6.42 Å². The lowest BCUT2D eigenvalue weighted by Gasteiger charge is -2.18. The Kier molecular flexibility index (Phi) is 3.15. The van der Waals surface area contributed by atoms with Gasteiger partial charge in [-0.1, -0.05) is 26.0 Å². The lowest BCUT2D eigenvalue weighted by atomic mass is 9.98. The molecular weight excluding hydrogens is 218 g/mol. The number of anilines is 1. The minimum absolute atomic E-state index is 1.08. The van der Waals surface area contributed by atoms with Crippen LogP contribution in [0.5, 0.6) is 0 Å². The van der Waals surface area contributed by atoms with Gasteiger partial charge in [0.15, 0.2) is 0 Å². The molecule has 0 spiro atoms. The summed E-state index contributed by atoms with van der Waals surface area (Å²) in [5, 5.41) is 3.65. The summed E-state index contributed by atoms with van der Waals surface area (Å²) in [6.07, 6.45) is 9.96. The van der Waals surface area contributed by atoms with Gasteiger partial charge in [0, 0.05) is 11.4 Å². The summed E-state index contributed by atoms with van der Waals surface area (Å²) in [5.41, 5.74) is 9.01. The van der Waals surface area contributed by atoms with E-state index < -0.39 is 0 Å². The average Bonchev–Trinajstić information content (AvgIpc) is 2.96. The van der Waals surface area contributed by atoms with Gasteiger partial charge in [-0.05, 0) is 67.2 Å². The standard InChI is InChI=1S/C17H23N/c1-3-6-12(2)18-17-15-9-4-7-13(15)11-14-8-5-10-16(14)17/h11,18H,2-10H2,1H3. The molecule has 0 amide bonds. The van der Waals surface area contributed by atoms with E-state index in [9.17, 15) is 0 Å². The van der Waals surface area contributed by atoms with Gasteiger partial charge in [-0.2, -0.15) is 0 Å². The van der Waals surface area contributed by atoms with Gasteiger partial charge >= 0.3 is 0 Å². The van der Waals surface area contributed by atoms with Gasteiger partial charge < -0.3 is 5.32 Å². The van der Waals surface area contributed by atoms with Crippen LogP contribution in [0.3, 0.4) is 0 Å². The van der Waals surface area contributed by atoms with Crippen LogP contribution in [0.4, 0.5) is 5.69 Å². The van der Waals surface area contributed by atoms with Gasteiger partial charge in [0.2, 0.25) is 0 Å². The maximum atomic E-state index is 4.18. The quantitative estimate of drug-likeness (QED) is 0.824. The van der Waals surface area contributed by atoms with Gasteiger partial charge in [0.05, 0.1) is 0 Å². The van der Waals surface area contributed by atoms with E-state index >= 15 is 0 Å². The minimum Gasteiger partial charge on any atom is -0.359 e. The van der Waals surface area contributed by atoms with Crippen LogP contribution >= 0.6 is 0 Å². The van der Waals surface area contributed by atoms with Crippen molar-refractivity contribution in [3.8, 4) is 0 Å². The number of allylic oxidation sites excluding steroid dienone is 1. The van der Waals surface area contributed by atoms with Crippen LogP contribution in [0.2, 0.25) is 0 Å². The third-order valence-electron chi connectivity index (χ3n) is 4.33. The van der Waals surface area contributed by atoms with Crippen molar-refractivity contribution in [1.29, 1.82) is 0 Å². The van der Waals surface area contributed by atoms with Crippen LogP contribution in [0, 0.1) is 0 Å². The first kappa shape index (κ1) is 11.8. The Morgan fingerprint density at radius 3 is 2.28 bits per heavy atom. The third kappa shape index (κ3) is 1.96. The fourth-order valence-corrected chi connectivity index (χ4v) is 3.51. The van der Waals surface area contributed by atoms with Crippen molar-refractivity contribution in [2.24, 2.45) is 0 Å². The Labute approximate surface area is 110 Å². The Morgan fingerprint density at radius 1 is 1.11 bits per heavy atom. The normalized spacial score (nSPS) is 16.5. The second-order valence-electron chi connectivity index (χ2n) is 5.71. The monoisotopic (exact) mass is 241 g/mol. The van der Waals surface area contributed by atoms with Crippen molar-refractivity contribution in [1.82, 2.24) is 0 Å². The average molecular weight is 241 g/mol. The smallest absolute Gasteiger partial charge is 0.0452 e. The van der Waals surface area contributed by atoms with E-state index in [0.29, 0.717) is 0 Å². The van der Waals surface area contributed by atoms with Gasteiger partial charge in [-0.15, -0.1) is 0 Å². The summed E-state index contributed by atoms with van der Waals surface area (Å²) in [6, 6.07) is 2.48. The highest BCUT2D eigenvalue weighted by atomic mass is 14.9. The number of nitrogens with one attached hydrogen (secondary N) is 1. The van der Waals surface area contributed by atoms with Crippen LogP contribution in [0.15, 0.2) is 18.3 Å². The van der Waals surface area contributed by atoms with Crippen molar-refractivity contribution < 1.29 is 0 Å². The van der Waals surface area contributed by atoms with Gasteiger partial charge in [-0.25, -0.2) is 0 Å². The SMILES string of the molecule is C=C(CCC)Nc1c2c(cc3c1CCC3)CCC2. The van der Waals surface area contributed by atoms with Crippen LogP contribution in [0.1, 0.15) is 54.9 Å². The van der Waals surface area contributed by atoms with Crippen LogP contribution in [-0.4, -0.2) is 0 Å². The van der Waals surface area contributed by atoms with Gasteiger partial charge in [0.1, 0.15) is 0 Å². The fraction of sp³-hybridized carbons (Fsp3) is 0.529. The number of aryl methyl sites for hydroxylation is 2. The number of hydrogen-bond donors (Lipinski definition) is 1. The molecule has 3 rings (SSSR count). The molecule has 1 heteroatoms. The molecule has 0 heterocycles.